The number of thioether (sulfide) groups is 1. The molecule has 0 aromatic carbocycles. The minimum atomic E-state index is -0.0987. The zero-order valence-corrected chi connectivity index (χ0v) is 13.3. The number of hydrogen-bond donors (Lipinski definition) is 2. The Morgan fingerprint density at radius 1 is 1.41 bits per heavy atom. The maximum Gasteiger partial charge on any atom is 0.272 e. The molecule has 0 radical (unpaired) electrons. The summed E-state index contributed by atoms with van der Waals surface area (Å²) in [6.45, 7) is 0.851. The molecule has 0 aliphatic heterocycles. The topological polar surface area (TPSA) is 66.6 Å². The van der Waals surface area contributed by atoms with Crippen LogP contribution in [-0.4, -0.2) is 45.1 Å². The van der Waals surface area contributed by atoms with Gasteiger partial charge in [-0.25, -0.2) is 4.98 Å². The number of nitrogens with zero attached hydrogens (tertiary/aromatic N) is 2. The number of rotatable bonds is 8. The lowest BCUT2D eigenvalue weighted by Gasteiger charge is -2.03. The van der Waals surface area contributed by atoms with Crippen molar-refractivity contribution in [2.24, 2.45) is 0 Å². The van der Waals surface area contributed by atoms with Gasteiger partial charge in [0.2, 0.25) is 0 Å². The molecule has 6 heteroatoms. The monoisotopic (exact) mass is 319 g/mol. The molecule has 1 aliphatic carbocycles. The van der Waals surface area contributed by atoms with E-state index in [4.69, 9.17) is 5.11 Å². The highest BCUT2D eigenvalue weighted by Gasteiger charge is 2.30. The number of aliphatic hydroxyl groups is 1. The molecular weight excluding hydrogens is 298 g/mol. The maximum absolute atomic E-state index is 12.4. The van der Waals surface area contributed by atoms with Gasteiger partial charge in [-0.1, -0.05) is 6.07 Å². The van der Waals surface area contributed by atoms with Crippen LogP contribution in [0.25, 0.3) is 5.52 Å². The normalized spacial score (nSPS) is 14.4. The molecule has 0 unspecified atom stereocenters. The minimum absolute atomic E-state index is 0.0987. The van der Waals surface area contributed by atoms with Crippen LogP contribution < -0.4 is 5.32 Å². The van der Waals surface area contributed by atoms with Crippen molar-refractivity contribution in [1.82, 2.24) is 14.7 Å². The molecule has 2 aromatic rings. The summed E-state index contributed by atoms with van der Waals surface area (Å²) in [7, 11) is 0. The number of aromatic nitrogens is 2. The number of nitrogens with one attached hydrogen (secondary N) is 1. The first-order valence-electron chi connectivity index (χ1n) is 7.75. The van der Waals surface area contributed by atoms with Crippen LogP contribution in [0.5, 0.6) is 0 Å². The first-order chi connectivity index (χ1) is 10.8. The van der Waals surface area contributed by atoms with Gasteiger partial charge < -0.3 is 14.8 Å². The lowest BCUT2D eigenvalue weighted by atomic mass is 10.3. The highest BCUT2D eigenvalue weighted by atomic mass is 32.2. The van der Waals surface area contributed by atoms with Gasteiger partial charge in [-0.15, -0.1) is 0 Å². The molecule has 0 spiro atoms. The van der Waals surface area contributed by atoms with E-state index < -0.39 is 0 Å². The van der Waals surface area contributed by atoms with Crippen molar-refractivity contribution < 1.29 is 9.90 Å². The Hall–Kier alpha value is -1.53. The Kier molecular flexibility index (Phi) is 5.00. The van der Waals surface area contributed by atoms with Crippen LogP contribution in [-0.2, 0) is 0 Å². The van der Waals surface area contributed by atoms with Crippen LogP contribution in [0.3, 0.4) is 0 Å². The van der Waals surface area contributed by atoms with Gasteiger partial charge in [0.15, 0.2) is 5.69 Å². The number of imidazole rings is 1. The molecule has 1 saturated carbocycles. The van der Waals surface area contributed by atoms with Crippen LogP contribution >= 0.6 is 11.8 Å². The van der Waals surface area contributed by atoms with Crippen molar-refractivity contribution >= 4 is 23.2 Å². The standard InChI is InChI=1S/C16H21N3O2S/c20-9-3-10-22-11-7-17-16(21)14-13-4-1-2-8-19(13)15(18-14)12-5-6-12/h1-2,4,8,12,20H,3,5-7,9-11H2,(H,17,21). The molecule has 0 saturated heterocycles. The average molecular weight is 319 g/mol. The summed E-state index contributed by atoms with van der Waals surface area (Å²) in [6.07, 6.45) is 5.11. The first kappa shape index (κ1) is 15.4. The van der Waals surface area contributed by atoms with Crippen molar-refractivity contribution in [3.63, 3.8) is 0 Å². The third-order valence-corrected chi connectivity index (χ3v) is 4.78. The van der Waals surface area contributed by atoms with E-state index in [1.165, 1.54) is 0 Å². The third-order valence-electron chi connectivity index (χ3n) is 3.71. The second-order valence-electron chi connectivity index (χ2n) is 5.49. The molecule has 2 heterocycles. The minimum Gasteiger partial charge on any atom is -0.396 e. The fraction of sp³-hybridized carbons (Fsp3) is 0.500. The van der Waals surface area contributed by atoms with Crippen LogP contribution in [0, 0.1) is 0 Å². The van der Waals surface area contributed by atoms with E-state index in [2.05, 4.69) is 10.3 Å². The number of hydrogen-bond acceptors (Lipinski definition) is 4. The molecule has 3 rings (SSSR count). The van der Waals surface area contributed by atoms with E-state index in [9.17, 15) is 4.79 Å². The molecule has 5 nitrogen and oxygen atoms in total. The Bertz CT molecular complexity index is 652. The molecule has 118 valence electrons. The fourth-order valence-electron chi connectivity index (χ4n) is 2.45. The molecule has 0 bridgehead atoms. The predicted molar refractivity (Wildman–Crippen MR) is 88.5 cm³/mol. The zero-order chi connectivity index (χ0) is 15.4. The number of aliphatic hydroxyl groups excluding tert-OH is 1. The number of fused-ring (bicyclic) bond motifs is 1. The quantitative estimate of drug-likeness (QED) is 0.731. The Morgan fingerprint density at radius 2 is 2.27 bits per heavy atom. The first-order valence-corrected chi connectivity index (χ1v) is 8.90. The average Bonchev–Trinajstić information content (AvgIpc) is 3.31. The fourth-order valence-corrected chi connectivity index (χ4v) is 3.23. The van der Waals surface area contributed by atoms with Crippen molar-refractivity contribution in [3.05, 3.63) is 35.9 Å². The van der Waals surface area contributed by atoms with Crippen LogP contribution in [0.4, 0.5) is 0 Å². The molecule has 2 N–H and O–H groups in total. The van der Waals surface area contributed by atoms with Crippen molar-refractivity contribution in [2.45, 2.75) is 25.2 Å². The molecular formula is C16H21N3O2S. The summed E-state index contributed by atoms with van der Waals surface area (Å²) in [5, 5.41) is 11.7. The highest BCUT2D eigenvalue weighted by Crippen LogP contribution is 2.39. The van der Waals surface area contributed by atoms with E-state index in [1.54, 1.807) is 11.8 Å². The van der Waals surface area contributed by atoms with E-state index in [0.29, 0.717) is 18.2 Å². The van der Waals surface area contributed by atoms with Crippen LogP contribution in [0.15, 0.2) is 24.4 Å². The van der Waals surface area contributed by atoms with Gasteiger partial charge in [-0.05, 0) is 37.1 Å². The van der Waals surface area contributed by atoms with Gasteiger partial charge in [0.25, 0.3) is 5.91 Å². The summed E-state index contributed by atoms with van der Waals surface area (Å²) in [5.41, 5.74) is 1.41. The number of carbonyl (C=O) groups excluding carboxylic acids is 1. The Balaban J connectivity index is 1.64. The van der Waals surface area contributed by atoms with Gasteiger partial charge in [-0.3, -0.25) is 4.79 Å². The number of pyridine rings is 1. The van der Waals surface area contributed by atoms with E-state index >= 15 is 0 Å². The lowest BCUT2D eigenvalue weighted by molar-refractivity contribution is 0.0953. The predicted octanol–water partition coefficient (Wildman–Crippen LogP) is 2.06. The molecule has 0 atom stereocenters. The Labute approximate surface area is 134 Å². The third kappa shape index (κ3) is 3.44. The molecule has 22 heavy (non-hydrogen) atoms. The summed E-state index contributed by atoms with van der Waals surface area (Å²) in [5.74, 6) is 3.19. The van der Waals surface area contributed by atoms with Gasteiger partial charge in [-0.2, -0.15) is 11.8 Å². The van der Waals surface area contributed by atoms with Gasteiger partial charge in [0.05, 0.1) is 5.52 Å². The molecule has 2 aromatic heterocycles. The summed E-state index contributed by atoms with van der Waals surface area (Å²) in [6, 6.07) is 5.86. The van der Waals surface area contributed by atoms with Gasteiger partial charge >= 0.3 is 0 Å². The largest absolute Gasteiger partial charge is 0.396 e. The second-order valence-corrected chi connectivity index (χ2v) is 6.72. The second kappa shape index (κ2) is 7.15. The van der Waals surface area contributed by atoms with Gasteiger partial charge in [0.1, 0.15) is 5.82 Å². The number of carbonyl (C=O) groups is 1. The smallest absolute Gasteiger partial charge is 0.272 e. The van der Waals surface area contributed by atoms with Crippen molar-refractivity contribution in [3.8, 4) is 0 Å². The van der Waals surface area contributed by atoms with Crippen molar-refractivity contribution in [1.29, 1.82) is 0 Å². The lowest BCUT2D eigenvalue weighted by Crippen LogP contribution is -2.26. The SMILES string of the molecule is O=C(NCCSCCCO)c1nc(C2CC2)n2ccccc12. The molecule has 1 aliphatic rings. The van der Waals surface area contributed by atoms with Crippen LogP contribution in [0.1, 0.15) is 41.5 Å². The Morgan fingerprint density at radius 3 is 3.05 bits per heavy atom. The molecule has 1 fully saturated rings. The van der Waals surface area contributed by atoms with E-state index in [-0.39, 0.29) is 12.5 Å². The summed E-state index contributed by atoms with van der Waals surface area (Å²) in [4.78, 5) is 17.0. The van der Waals surface area contributed by atoms with E-state index in [1.807, 2.05) is 28.8 Å². The molecule has 1 amide bonds. The van der Waals surface area contributed by atoms with Crippen molar-refractivity contribution in [2.75, 3.05) is 24.7 Å². The maximum atomic E-state index is 12.4. The van der Waals surface area contributed by atoms with Gasteiger partial charge in [0, 0.05) is 31.0 Å². The number of amides is 1. The highest BCUT2D eigenvalue weighted by molar-refractivity contribution is 7.99. The summed E-state index contributed by atoms with van der Waals surface area (Å²) >= 11 is 1.74. The summed E-state index contributed by atoms with van der Waals surface area (Å²) < 4.78 is 2.04. The van der Waals surface area contributed by atoms with E-state index in [0.717, 1.165) is 42.1 Å². The zero-order valence-electron chi connectivity index (χ0n) is 12.5. The van der Waals surface area contributed by atoms with Crippen LogP contribution in [0.2, 0.25) is 0 Å².